The zero-order chi connectivity index (χ0) is 19.3. The van der Waals surface area contributed by atoms with E-state index >= 15 is 0 Å². The summed E-state index contributed by atoms with van der Waals surface area (Å²) in [4.78, 5) is 43.9. The van der Waals surface area contributed by atoms with Gasteiger partial charge in [-0.2, -0.15) is 0 Å². The van der Waals surface area contributed by atoms with Gasteiger partial charge in [0.1, 0.15) is 5.54 Å². The smallest absolute Gasteiger partial charge is 0.250 e. The molecule has 0 radical (unpaired) electrons. The van der Waals surface area contributed by atoms with E-state index in [2.05, 4.69) is 26.1 Å². The summed E-state index contributed by atoms with van der Waals surface area (Å²) in [5, 5.41) is 2.99. The molecule has 6 nitrogen and oxygen atoms in total. The number of nitrogens with zero attached hydrogens (tertiary/aromatic N) is 2. The van der Waals surface area contributed by atoms with Gasteiger partial charge < -0.3 is 5.32 Å². The lowest BCUT2D eigenvalue weighted by molar-refractivity contribution is -0.150. The minimum atomic E-state index is -1.09. The third-order valence-electron chi connectivity index (χ3n) is 6.63. The molecule has 0 bridgehead atoms. The molecular weight excluding hydrogens is 410 g/mol. The zero-order valence-electron chi connectivity index (χ0n) is 15.6. The Morgan fingerprint density at radius 3 is 2.63 bits per heavy atom. The number of fused-ring (bicyclic) bond motifs is 7. The molecule has 142 valence electrons. The Bertz CT molecular complexity index is 908. The van der Waals surface area contributed by atoms with Crippen molar-refractivity contribution in [2.45, 2.75) is 50.7 Å². The van der Waals surface area contributed by atoms with Crippen molar-refractivity contribution in [2.75, 3.05) is 11.9 Å². The van der Waals surface area contributed by atoms with Crippen LogP contribution in [0, 0.1) is 11.8 Å². The van der Waals surface area contributed by atoms with Crippen LogP contribution in [0.15, 0.2) is 22.7 Å². The van der Waals surface area contributed by atoms with E-state index in [1.165, 1.54) is 4.90 Å². The topological polar surface area (TPSA) is 69.7 Å². The van der Waals surface area contributed by atoms with Gasteiger partial charge in [-0.15, -0.1) is 0 Å². The largest absolute Gasteiger partial charge is 0.324 e. The number of anilines is 1. The Hall–Kier alpha value is -1.73. The summed E-state index contributed by atoms with van der Waals surface area (Å²) in [6.07, 6.45) is 1.78. The molecule has 1 aromatic carbocycles. The average molecular weight is 432 g/mol. The molecule has 0 unspecified atom stereocenters. The number of hydrogen-bond acceptors (Lipinski definition) is 4. The predicted octanol–water partition coefficient (Wildman–Crippen LogP) is 2.47. The molecule has 1 aromatic rings. The molecular formula is C20H22BrN3O3. The first-order valence-electron chi connectivity index (χ1n) is 9.45. The first kappa shape index (κ1) is 17.4. The zero-order valence-corrected chi connectivity index (χ0v) is 17.2. The lowest BCUT2D eigenvalue weighted by Crippen LogP contribution is -2.56. The van der Waals surface area contributed by atoms with Gasteiger partial charge in [0, 0.05) is 27.3 Å². The normalized spacial score (nSPS) is 35.0. The van der Waals surface area contributed by atoms with Gasteiger partial charge >= 0.3 is 0 Å². The van der Waals surface area contributed by atoms with Crippen molar-refractivity contribution in [3.8, 4) is 0 Å². The molecule has 27 heavy (non-hydrogen) atoms. The average Bonchev–Trinajstić information content (AvgIpc) is 3.25. The number of likely N-dealkylation sites (tertiary alicyclic amines) is 1. The molecule has 3 saturated heterocycles. The van der Waals surface area contributed by atoms with Crippen LogP contribution in [0.25, 0.3) is 0 Å². The van der Waals surface area contributed by atoms with Crippen LogP contribution in [-0.4, -0.2) is 45.6 Å². The Balaban J connectivity index is 1.77. The van der Waals surface area contributed by atoms with E-state index in [9.17, 15) is 14.4 Å². The molecule has 3 fully saturated rings. The molecule has 4 atom stereocenters. The predicted molar refractivity (Wildman–Crippen MR) is 103 cm³/mol. The molecule has 0 aliphatic carbocycles. The van der Waals surface area contributed by atoms with Crippen molar-refractivity contribution >= 4 is 39.3 Å². The quantitative estimate of drug-likeness (QED) is 0.640. The van der Waals surface area contributed by atoms with Crippen LogP contribution in [-0.2, 0) is 19.9 Å². The maximum atomic E-state index is 13.6. The highest BCUT2D eigenvalue weighted by molar-refractivity contribution is 9.10. The first-order chi connectivity index (χ1) is 12.7. The van der Waals surface area contributed by atoms with Crippen LogP contribution in [0.4, 0.5) is 5.69 Å². The number of halogens is 1. The van der Waals surface area contributed by atoms with Gasteiger partial charge in [-0.05, 0) is 58.4 Å². The van der Waals surface area contributed by atoms with Gasteiger partial charge in [-0.25, -0.2) is 0 Å². The molecule has 4 heterocycles. The standard InChI is InChI=1S/C20H22BrN3O3/c1-19(2,3)24-16(25)14-13-5-4-8-23(13)20(15(14)17(24)26)11-9-10(21)6-7-12(11)22-18(20)27/h6-7,9,13-15H,4-5,8H2,1-3H3,(H,22,27)/t13-,14+,15-,20+/m0/s1. The van der Waals surface area contributed by atoms with Crippen molar-refractivity contribution in [1.29, 1.82) is 0 Å². The van der Waals surface area contributed by atoms with Crippen LogP contribution < -0.4 is 5.32 Å². The lowest BCUT2D eigenvalue weighted by atomic mass is 9.75. The second-order valence-corrected chi connectivity index (χ2v) is 9.92. The molecule has 7 heteroatoms. The van der Waals surface area contributed by atoms with Crippen molar-refractivity contribution in [3.05, 3.63) is 28.2 Å². The van der Waals surface area contributed by atoms with Crippen molar-refractivity contribution in [3.63, 3.8) is 0 Å². The maximum absolute atomic E-state index is 13.6. The van der Waals surface area contributed by atoms with Gasteiger partial charge in [-0.3, -0.25) is 24.2 Å². The highest BCUT2D eigenvalue weighted by Gasteiger charge is 2.75. The third kappa shape index (κ3) is 1.92. The van der Waals surface area contributed by atoms with Crippen molar-refractivity contribution in [2.24, 2.45) is 11.8 Å². The van der Waals surface area contributed by atoms with Crippen LogP contribution in [0.5, 0.6) is 0 Å². The van der Waals surface area contributed by atoms with E-state index < -0.39 is 22.9 Å². The minimum absolute atomic E-state index is 0.0607. The van der Waals surface area contributed by atoms with Crippen LogP contribution >= 0.6 is 15.9 Å². The van der Waals surface area contributed by atoms with Gasteiger partial charge in [0.2, 0.25) is 17.7 Å². The van der Waals surface area contributed by atoms with E-state index in [1.54, 1.807) is 0 Å². The Kier molecular flexibility index (Phi) is 3.35. The van der Waals surface area contributed by atoms with Crippen LogP contribution in [0.1, 0.15) is 39.2 Å². The molecule has 4 aliphatic rings. The van der Waals surface area contributed by atoms with Crippen molar-refractivity contribution < 1.29 is 14.4 Å². The summed E-state index contributed by atoms with van der Waals surface area (Å²) in [6, 6.07) is 5.62. The number of carbonyl (C=O) groups excluding carboxylic acids is 3. The highest BCUT2D eigenvalue weighted by atomic mass is 79.9. The number of nitrogens with one attached hydrogen (secondary N) is 1. The van der Waals surface area contributed by atoms with E-state index in [1.807, 2.05) is 39.0 Å². The number of benzene rings is 1. The highest BCUT2D eigenvalue weighted by Crippen LogP contribution is 2.61. The summed E-state index contributed by atoms with van der Waals surface area (Å²) >= 11 is 3.51. The summed E-state index contributed by atoms with van der Waals surface area (Å²) in [5.41, 5.74) is -0.127. The number of carbonyl (C=O) groups is 3. The van der Waals surface area contributed by atoms with Gasteiger partial charge in [0.25, 0.3) is 0 Å². The molecule has 5 rings (SSSR count). The Morgan fingerprint density at radius 2 is 1.93 bits per heavy atom. The second-order valence-electron chi connectivity index (χ2n) is 9.00. The Labute approximate surface area is 166 Å². The SMILES string of the molecule is CC(C)(C)N1C(=O)[C@H]2[C@@H](C1=O)[C@]1(C(=O)Nc3ccc(Br)cc31)N1CCC[C@@H]21. The van der Waals surface area contributed by atoms with E-state index in [0.717, 1.165) is 35.1 Å². The fourth-order valence-electron chi connectivity index (χ4n) is 5.84. The monoisotopic (exact) mass is 431 g/mol. The second kappa shape index (κ2) is 5.20. The van der Waals surface area contributed by atoms with E-state index in [4.69, 9.17) is 0 Å². The number of rotatable bonds is 0. The van der Waals surface area contributed by atoms with Crippen LogP contribution in [0.2, 0.25) is 0 Å². The number of hydrogen-bond donors (Lipinski definition) is 1. The minimum Gasteiger partial charge on any atom is -0.324 e. The molecule has 0 aromatic heterocycles. The Morgan fingerprint density at radius 1 is 1.19 bits per heavy atom. The van der Waals surface area contributed by atoms with Gasteiger partial charge in [0.15, 0.2) is 0 Å². The molecule has 3 amide bonds. The van der Waals surface area contributed by atoms with E-state index in [0.29, 0.717) is 0 Å². The molecule has 4 aliphatic heterocycles. The number of amides is 3. The van der Waals surface area contributed by atoms with Gasteiger partial charge in [0.05, 0.1) is 11.8 Å². The van der Waals surface area contributed by atoms with Crippen LogP contribution in [0.3, 0.4) is 0 Å². The van der Waals surface area contributed by atoms with Crippen molar-refractivity contribution in [1.82, 2.24) is 9.80 Å². The first-order valence-corrected chi connectivity index (χ1v) is 10.2. The number of imide groups is 1. The van der Waals surface area contributed by atoms with Gasteiger partial charge in [-0.1, -0.05) is 15.9 Å². The summed E-state index contributed by atoms with van der Waals surface area (Å²) in [6.45, 7) is 6.36. The fraction of sp³-hybridized carbons (Fsp3) is 0.550. The maximum Gasteiger partial charge on any atom is 0.250 e. The molecule has 1 spiro atoms. The molecule has 1 N–H and O–H groups in total. The molecule has 0 saturated carbocycles. The summed E-state index contributed by atoms with van der Waals surface area (Å²) in [5.74, 6) is -1.62. The van der Waals surface area contributed by atoms with E-state index in [-0.39, 0.29) is 23.8 Å². The third-order valence-corrected chi connectivity index (χ3v) is 7.12. The summed E-state index contributed by atoms with van der Waals surface area (Å²) < 4.78 is 0.862. The fourth-order valence-corrected chi connectivity index (χ4v) is 6.20. The summed E-state index contributed by atoms with van der Waals surface area (Å²) in [7, 11) is 0. The lowest BCUT2D eigenvalue weighted by Gasteiger charge is -2.38.